The molecule has 1 saturated heterocycles. The van der Waals surface area contributed by atoms with E-state index in [-0.39, 0.29) is 6.04 Å². The standard InChI is InChI=1S/C21H29ClN4O4/c1-21(2,3)30-20(28)24-15-8-10-26(12-17(15)27)9-7-13-14(22)11-23-16-5-6-18(29-4)25-19(13)16/h5-6,11,15,17,27H,7-10,12H2,1-4H3,(H,24,28)/t15-,17-/m0/s1. The van der Waals surface area contributed by atoms with Crippen molar-refractivity contribution in [2.45, 2.75) is 51.4 Å². The van der Waals surface area contributed by atoms with Crippen LogP contribution in [0.2, 0.25) is 5.02 Å². The number of hydrogen-bond donors (Lipinski definition) is 2. The maximum atomic E-state index is 12.0. The third-order valence-electron chi connectivity index (χ3n) is 4.99. The van der Waals surface area contributed by atoms with E-state index in [1.165, 1.54) is 0 Å². The number of piperidine rings is 1. The summed E-state index contributed by atoms with van der Waals surface area (Å²) in [6, 6.07) is 3.30. The zero-order valence-electron chi connectivity index (χ0n) is 17.8. The third-order valence-corrected chi connectivity index (χ3v) is 5.32. The van der Waals surface area contributed by atoms with Gasteiger partial charge in [-0.3, -0.25) is 4.98 Å². The van der Waals surface area contributed by atoms with Crippen molar-refractivity contribution in [2.75, 3.05) is 26.7 Å². The Balaban J connectivity index is 1.60. The lowest BCUT2D eigenvalue weighted by molar-refractivity contribution is 0.0204. The van der Waals surface area contributed by atoms with Crippen LogP contribution in [0, 0.1) is 0 Å². The molecule has 9 heteroatoms. The smallest absolute Gasteiger partial charge is 0.407 e. The van der Waals surface area contributed by atoms with Crippen LogP contribution in [-0.2, 0) is 11.2 Å². The number of pyridine rings is 2. The molecule has 0 saturated carbocycles. The molecule has 2 aromatic heterocycles. The van der Waals surface area contributed by atoms with E-state index >= 15 is 0 Å². The number of likely N-dealkylation sites (tertiary alicyclic amines) is 1. The van der Waals surface area contributed by atoms with E-state index in [1.54, 1.807) is 19.4 Å². The van der Waals surface area contributed by atoms with E-state index in [1.807, 2.05) is 26.8 Å². The van der Waals surface area contributed by atoms with Crippen LogP contribution in [0.5, 0.6) is 5.88 Å². The van der Waals surface area contributed by atoms with Gasteiger partial charge in [0.15, 0.2) is 0 Å². The molecule has 1 aliphatic heterocycles. The van der Waals surface area contributed by atoms with E-state index in [4.69, 9.17) is 21.1 Å². The van der Waals surface area contributed by atoms with Crippen molar-refractivity contribution in [3.63, 3.8) is 0 Å². The van der Waals surface area contributed by atoms with Crippen molar-refractivity contribution < 1.29 is 19.4 Å². The highest BCUT2D eigenvalue weighted by Gasteiger charge is 2.30. The number of nitrogens with zero attached hydrogens (tertiary/aromatic N) is 3. The van der Waals surface area contributed by atoms with E-state index in [2.05, 4.69) is 20.2 Å². The summed E-state index contributed by atoms with van der Waals surface area (Å²) in [5.41, 5.74) is 1.82. The molecule has 0 aromatic carbocycles. The van der Waals surface area contributed by atoms with E-state index in [0.29, 0.717) is 36.8 Å². The van der Waals surface area contributed by atoms with Crippen LogP contribution in [0.1, 0.15) is 32.8 Å². The van der Waals surface area contributed by atoms with Crippen molar-refractivity contribution in [2.24, 2.45) is 0 Å². The van der Waals surface area contributed by atoms with Gasteiger partial charge in [-0.1, -0.05) is 11.6 Å². The topological polar surface area (TPSA) is 96.8 Å². The highest BCUT2D eigenvalue weighted by molar-refractivity contribution is 6.32. The monoisotopic (exact) mass is 436 g/mol. The van der Waals surface area contributed by atoms with Crippen LogP contribution in [0.4, 0.5) is 4.79 Å². The second kappa shape index (κ2) is 9.32. The quantitative estimate of drug-likeness (QED) is 0.743. The molecule has 8 nitrogen and oxygen atoms in total. The van der Waals surface area contributed by atoms with Crippen molar-refractivity contribution in [3.05, 3.63) is 28.9 Å². The van der Waals surface area contributed by atoms with E-state index in [9.17, 15) is 9.90 Å². The van der Waals surface area contributed by atoms with Crippen LogP contribution >= 0.6 is 11.6 Å². The fourth-order valence-electron chi connectivity index (χ4n) is 3.53. The first-order valence-electron chi connectivity index (χ1n) is 10.0. The number of β-amino-alcohol motifs (C(OH)–C–C–N with tert-alkyl or cyclic N) is 1. The van der Waals surface area contributed by atoms with Gasteiger partial charge in [-0.05, 0) is 39.7 Å². The molecular formula is C21H29ClN4O4. The summed E-state index contributed by atoms with van der Waals surface area (Å²) in [5.74, 6) is 0.511. The van der Waals surface area contributed by atoms with Gasteiger partial charge in [0.25, 0.3) is 0 Å². The Morgan fingerprint density at radius 2 is 2.17 bits per heavy atom. The average Bonchev–Trinajstić information content (AvgIpc) is 2.67. The second-order valence-electron chi connectivity index (χ2n) is 8.47. The zero-order chi connectivity index (χ0) is 21.9. The number of aliphatic hydroxyl groups is 1. The van der Waals surface area contributed by atoms with E-state index in [0.717, 1.165) is 23.1 Å². The molecule has 1 amide bonds. The molecule has 1 aliphatic rings. The largest absolute Gasteiger partial charge is 0.481 e. The third kappa shape index (κ3) is 5.71. The minimum absolute atomic E-state index is 0.327. The first kappa shape index (κ1) is 22.5. The molecule has 0 bridgehead atoms. The van der Waals surface area contributed by atoms with Gasteiger partial charge in [-0.2, -0.15) is 0 Å². The van der Waals surface area contributed by atoms with E-state index < -0.39 is 17.8 Å². The van der Waals surface area contributed by atoms with Crippen LogP contribution < -0.4 is 10.1 Å². The van der Waals surface area contributed by atoms with Crippen LogP contribution in [0.3, 0.4) is 0 Å². The summed E-state index contributed by atoms with van der Waals surface area (Å²) in [7, 11) is 1.57. The number of nitrogens with one attached hydrogen (secondary N) is 1. The Kier molecular flexibility index (Phi) is 7.00. The number of rotatable bonds is 5. The van der Waals surface area contributed by atoms with Crippen LogP contribution in [-0.4, -0.2) is 70.6 Å². The Morgan fingerprint density at radius 3 is 2.83 bits per heavy atom. The number of carbonyl (C=O) groups is 1. The molecule has 0 radical (unpaired) electrons. The fourth-order valence-corrected chi connectivity index (χ4v) is 3.76. The molecule has 2 N–H and O–H groups in total. The molecule has 164 valence electrons. The second-order valence-corrected chi connectivity index (χ2v) is 8.87. The lowest BCUT2D eigenvalue weighted by Gasteiger charge is -2.36. The Hall–Kier alpha value is -2.16. The Morgan fingerprint density at radius 1 is 1.40 bits per heavy atom. The number of alkyl carbamates (subject to hydrolysis) is 1. The molecular weight excluding hydrogens is 408 g/mol. The Bertz CT molecular complexity index is 902. The summed E-state index contributed by atoms with van der Waals surface area (Å²) in [6.07, 6.45) is 1.76. The summed E-state index contributed by atoms with van der Waals surface area (Å²) in [4.78, 5) is 23.0. The van der Waals surface area contributed by atoms with Gasteiger partial charge in [0.2, 0.25) is 5.88 Å². The van der Waals surface area contributed by atoms with Gasteiger partial charge in [0, 0.05) is 37.5 Å². The lowest BCUT2D eigenvalue weighted by Crippen LogP contribution is -2.54. The summed E-state index contributed by atoms with van der Waals surface area (Å²) >= 11 is 6.41. The van der Waals surface area contributed by atoms with Crippen molar-refractivity contribution in [3.8, 4) is 5.88 Å². The van der Waals surface area contributed by atoms with Crippen molar-refractivity contribution >= 4 is 28.7 Å². The summed E-state index contributed by atoms with van der Waals surface area (Å²) in [5, 5.41) is 13.8. The van der Waals surface area contributed by atoms with Crippen LogP contribution in [0.25, 0.3) is 11.0 Å². The highest BCUT2D eigenvalue weighted by atomic mass is 35.5. The van der Waals surface area contributed by atoms with Gasteiger partial charge in [-0.15, -0.1) is 0 Å². The fraction of sp³-hybridized carbons (Fsp3) is 0.571. The number of aliphatic hydroxyl groups excluding tert-OH is 1. The van der Waals surface area contributed by atoms with Gasteiger partial charge < -0.3 is 24.8 Å². The summed E-state index contributed by atoms with van der Waals surface area (Å²) < 4.78 is 10.5. The molecule has 3 rings (SSSR count). The van der Waals surface area contributed by atoms with Gasteiger partial charge >= 0.3 is 6.09 Å². The molecule has 3 heterocycles. The van der Waals surface area contributed by atoms with Gasteiger partial charge in [0.1, 0.15) is 5.60 Å². The molecule has 2 atom stereocenters. The first-order valence-corrected chi connectivity index (χ1v) is 10.4. The van der Waals surface area contributed by atoms with Gasteiger partial charge in [0.05, 0.1) is 35.3 Å². The molecule has 0 unspecified atom stereocenters. The van der Waals surface area contributed by atoms with Gasteiger partial charge in [-0.25, -0.2) is 9.78 Å². The molecule has 2 aromatic rings. The van der Waals surface area contributed by atoms with Crippen LogP contribution in [0.15, 0.2) is 18.3 Å². The number of halogens is 1. The minimum atomic E-state index is -0.672. The number of carbonyl (C=O) groups excluding carboxylic acids is 1. The highest BCUT2D eigenvalue weighted by Crippen LogP contribution is 2.26. The first-order chi connectivity index (χ1) is 14.2. The maximum absolute atomic E-state index is 12.0. The number of amides is 1. The molecule has 1 fully saturated rings. The number of ether oxygens (including phenoxy) is 2. The number of methoxy groups -OCH3 is 1. The number of hydrogen-bond acceptors (Lipinski definition) is 7. The molecule has 30 heavy (non-hydrogen) atoms. The number of fused-ring (bicyclic) bond motifs is 1. The lowest BCUT2D eigenvalue weighted by atomic mass is 10.0. The normalized spacial score (nSPS) is 20.2. The summed E-state index contributed by atoms with van der Waals surface area (Å²) in [6.45, 7) is 7.33. The predicted molar refractivity (Wildman–Crippen MR) is 115 cm³/mol. The predicted octanol–water partition coefficient (Wildman–Crippen LogP) is 2.79. The SMILES string of the molecule is COc1ccc2ncc(Cl)c(CCN3CC[C@H](NC(=O)OC(C)(C)C)[C@@H](O)C3)c2n1. The zero-order valence-corrected chi connectivity index (χ0v) is 18.6. The van der Waals surface area contributed by atoms with Crippen molar-refractivity contribution in [1.82, 2.24) is 20.2 Å². The Labute approximate surface area is 181 Å². The molecule has 0 spiro atoms. The number of aromatic nitrogens is 2. The molecule has 0 aliphatic carbocycles. The average molecular weight is 437 g/mol. The minimum Gasteiger partial charge on any atom is -0.481 e. The van der Waals surface area contributed by atoms with Crippen molar-refractivity contribution in [1.29, 1.82) is 0 Å². The maximum Gasteiger partial charge on any atom is 0.407 e.